The molecule has 2 saturated heterocycles. The Bertz CT molecular complexity index is 1010. The molecule has 2 aromatic rings. The number of likely N-dealkylation sites (tertiary alicyclic amines) is 1. The number of aryl methyl sites for hydroxylation is 1. The standard InChI is InChI=1S/C19H25N5O4/c1-10-7-13(21-16-15(10)17(25)23-19(27)22-16)18(26)24-5-2-3-11(9-24)14-8-12(20)4-6-28-14/h7,11-12,14H,2-6,8-9,20H2,1H3,(H2,21,22,23,25,27). The zero-order valence-corrected chi connectivity index (χ0v) is 15.9. The molecule has 4 N–H and O–H groups in total. The average molecular weight is 387 g/mol. The fourth-order valence-electron chi connectivity index (χ4n) is 4.31. The Morgan fingerprint density at radius 1 is 1.32 bits per heavy atom. The molecule has 0 saturated carbocycles. The van der Waals surface area contributed by atoms with Crippen molar-refractivity contribution in [1.29, 1.82) is 0 Å². The molecule has 2 aliphatic heterocycles. The normalized spacial score (nSPS) is 25.8. The number of rotatable bonds is 2. The first-order valence-electron chi connectivity index (χ1n) is 9.73. The van der Waals surface area contributed by atoms with Crippen LogP contribution in [-0.2, 0) is 4.74 Å². The van der Waals surface area contributed by atoms with E-state index < -0.39 is 11.2 Å². The summed E-state index contributed by atoms with van der Waals surface area (Å²) in [5.41, 5.74) is 5.89. The second kappa shape index (κ2) is 7.48. The molecule has 0 aliphatic carbocycles. The monoisotopic (exact) mass is 387 g/mol. The fourth-order valence-corrected chi connectivity index (χ4v) is 4.31. The molecule has 4 rings (SSSR count). The second-order valence-electron chi connectivity index (χ2n) is 7.80. The Morgan fingerprint density at radius 2 is 2.14 bits per heavy atom. The summed E-state index contributed by atoms with van der Waals surface area (Å²) >= 11 is 0. The van der Waals surface area contributed by atoms with Gasteiger partial charge in [-0.2, -0.15) is 0 Å². The number of H-pyrrole nitrogens is 2. The number of hydrogen-bond donors (Lipinski definition) is 3. The Morgan fingerprint density at radius 3 is 2.93 bits per heavy atom. The summed E-state index contributed by atoms with van der Waals surface area (Å²) in [6.07, 6.45) is 3.69. The van der Waals surface area contributed by atoms with E-state index in [1.54, 1.807) is 17.9 Å². The van der Waals surface area contributed by atoms with Gasteiger partial charge in [-0.25, -0.2) is 9.78 Å². The third kappa shape index (κ3) is 3.59. The summed E-state index contributed by atoms with van der Waals surface area (Å²) in [5.74, 6) is 0.0594. The molecule has 3 unspecified atom stereocenters. The van der Waals surface area contributed by atoms with E-state index in [9.17, 15) is 14.4 Å². The van der Waals surface area contributed by atoms with Gasteiger partial charge < -0.3 is 15.4 Å². The number of pyridine rings is 1. The molecule has 150 valence electrons. The maximum atomic E-state index is 13.1. The minimum absolute atomic E-state index is 0.0839. The van der Waals surface area contributed by atoms with Crippen molar-refractivity contribution in [2.75, 3.05) is 19.7 Å². The molecule has 28 heavy (non-hydrogen) atoms. The lowest BCUT2D eigenvalue weighted by molar-refractivity contribution is -0.0440. The molecule has 2 aliphatic rings. The van der Waals surface area contributed by atoms with E-state index >= 15 is 0 Å². The van der Waals surface area contributed by atoms with Gasteiger partial charge in [0.25, 0.3) is 11.5 Å². The van der Waals surface area contributed by atoms with Crippen molar-refractivity contribution in [1.82, 2.24) is 19.9 Å². The molecule has 0 aromatic carbocycles. The van der Waals surface area contributed by atoms with Gasteiger partial charge in [-0.15, -0.1) is 0 Å². The van der Waals surface area contributed by atoms with Crippen molar-refractivity contribution in [3.05, 3.63) is 38.2 Å². The van der Waals surface area contributed by atoms with Crippen LogP contribution in [0.2, 0.25) is 0 Å². The first-order chi connectivity index (χ1) is 13.4. The molecule has 9 heteroatoms. The van der Waals surface area contributed by atoms with E-state index in [4.69, 9.17) is 10.5 Å². The quantitative estimate of drug-likeness (QED) is 0.677. The van der Waals surface area contributed by atoms with E-state index in [0.717, 1.165) is 25.7 Å². The Hall–Kier alpha value is -2.52. The van der Waals surface area contributed by atoms with Crippen molar-refractivity contribution >= 4 is 16.9 Å². The van der Waals surface area contributed by atoms with Gasteiger partial charge >= 0.3 is 5.69 Å². The van der Waals surface area contributed by atoms with Crippen molar-refractivity contribution in [2.45, 2.75) is 44.8 Å². The number of nitrogens with one attached hydrogen (secondary N) is 2. The van der Waals surface area contributed by atoms with Crippen LogP contribution in [0.3, 0.4) is 0 Å². The van der Waals surface area contributed by atoms with Crippen molar-refractivity contribution < 1.29 is 9.53 Å². The number of piperidine rings is 1. The zero-order valence-electron chi connectivity index (χ0n) is 15.9. The van der Waals surface area contributed by atoms with Crippen molar-refractivity contribution in [3.63, 3.8) is 0 Å². The van der Waals surface area contributed by atoms with Gasteiger partial charge in [0.2, 0.25) is 0 Å². The maximum Gasteiger partial charge on any atom is 0.327 e. The lowest BCUT2D eigenvalue weighted by Crippen LogP contribution is -2.47. The number of ether oxygens (including phenoxy) is 1. The molecule has 2 aromatic heterocycles. The number of carbonyl (C=O) groups excluding carboxylic acids is 1. The summed E-state index contributed by atoms with van der Waals surface area (Å²) < 4.78 is 5.91. The highest BCUT2D eigenvalue weighted by Crippen LogP contribution is 2.28. The minimum atomic E-state index is -0.641. The van der Waals surface area contributed by atoms with Crippen LogP contribution in [0.5, 0.6) is 0 Å². The number of aromatic amines is 2. The maximum absolute atomic E-state index is 13.1. The van der Waals surface area contributed by atoms with Crippen LogP contribution in [0, 0.1) is 12.8 Å². The predicted octanol–water partition coefficient (Wildman–Crippen LogP) is 0.278. The SMILES string of the molecule is Cc1cc(C(=O)N2CCCC(C3CC(N)CCO3)C2)nc2[nH]c(=O)[nH]c(=O)c12. The average Bonchev–Trinajstić information content (AvgIpc) is 2.66. The van der Waals surface area contributed by atoms with Crippen LogP contribution in [0.15, 0.2) is 15.7 Å². The largest absolute Gasteiger partial charge is 0.378 e. The van der Waals surface area contributed by atoms with Crippen molar-refractivity contribution in [2.24, 2.45) is 11.7 Å². The Labute approximate surface area is 161 Å². The number of nitrogens with two attached hydrogens (primary N) is 1. The molecule has 0 spiro atoms. The summed E-state index contributed by atoms with van der Waals surface area (Å²) in [7, 11) is 0. The van der Waals surface area contributed by atoms with Gasteiger partial charge in [0.15, 0.2) is 0 Å². The highest BCUT2D eigenvalue weighted by Gasteiger charge is 2.33. The van der Waals surface area contributed by atoms with E-state index in [-0.39, 0.29) is 40.7 Å². The highest BCUT2D eigenvalue weighted by molar-refractivity contribution is 5.95. The molecular formula is C19H25N5O4. The van der Waals surface area contributed by atoms with Crippen LogP contribution >= 0.6 is 0 Å². The number of amides is 1. The third-order valence-corrected chi connectivity index (χ3v) is 5.75. The van der Waals surface area contributed by atoms with Gasteiger partial charge in [0.05, 0.1) is 11.5 Å². The van der Waals surface area contributed by atoms with Gasteiger partial charge in [-0.1, -0.05) is 0 Å². The Balaban J connectivity index is 1.58. The summed E-state index contributed by atoms with van der Waals surface area (Å²) in [6, 6.07) is 1.76. The minimum Gasteiger partial charge on any atom is -0.378 e. The van der Waals surface area contributed by atoms with Crippen LogP contribution in [0.4, 0.5) is 0 Å². The number of hydrogen-bond acceptors (Lipinski definition) is 6. The predicted molar refractivity (Wildman–Crippen MR) is 103 cm³/mol. The molecule has 2 fully saturated rings. The lowest BCUT2D eigenvalue weighted by atomic mass is 9.87. The van der Waals surface area contributed by atoms with E-state index in [0.29, 0.717) is 25.3 Å². The molecule has 0 radical (unpaired) electrons. The number of carbonyl (C=O) groups is 1. The van der Waals surface area contributed by atoms with Gasteiger partial charge in [0.1, 0.15) is 11.3 Å². The van der Waals surface area contributed by atoms with Crippen LogP contribution in [-0.4, -0.2) is 57.6 Å². The third-order valence-electron chi connectivity index (χ3n) is 5.75. The summed E-state index contributed by atoms with van der Waals surface area (Å²) in [5, 5.41) is 0.289. The van der Waals surface area contributed by atoms with Gasteiger partial charge in [-0.05, 0) is 44.2 Å². The van der Waals surface area contributed by atoms with Crippen LogP contribution in [0.1, 0.15) is 41.7 Å². The first kappa shape index (κ1) is 18.8. The lowest BCUT2D eigenvalue weighted by Gasteiger charge is -2.39. The van der Waals surface area contributed by atoms with Crippen molar-refractivity contribution in [3.8, 4) is 0 Å². The number of aromatic nitrogens is 3. The van der Waals surface area contributed by atoms with E-state index in [2.05, 4.69) is 15.0 Å². The zero-order chi connectivity index (χ0) is 19.8. The molecule has 9 nitrogen and oxygen atoms in total. The summed E-state index contributed by atoms with van der Waals surface area (Å²) in [6.45, 7) is 3.65. The molecule has 4 heterocycles. The smallest absolute Gasteiger partial charge is 0.327 e. The van der Waals surface area contributed by atoms with Gasteiger partial charge in [0, 0.05) is 31.7 Å². The highest BCUT2D eigenvalue weighted by atomic mass is 16.5. The van der Waals surface area contributed by atoms with Crippen LogP contribution < -0.4 is 17.0 Å². The topological polar surface area (TPSA) is 134 Å². The molecular weight excluding hydrogens is 362 g/mol. The first-order valence-corrected chi connectivity index (χ1v) is 9.73. The molecule has 3 atom stereocenters. The second-order valence-corrected chi connectivity index (χ2v) is 7.80. The summed E-state index contributed by atoms with van der Waals surface area (Å²) in [4.78, 5) is 47.4. The Kier molecular flexibility index (Phi) is 5.03. The van der Waals surface area contributed by atoms with Gasteiger partial charge in [-0.3, -0.25) is 19.6 Å². The van der Waals surface area contributed by atoms with Crippen LogP contribution in [0.25, 0.3) is 11.0 Å². The van der Waals surface area contributed by atoms with E-state index in [1.807, 2.05) is 0 Å². The molecule has 0 bridgehead atoms. The fraction of sp³-hybridized carbons (Fsp3) is 0.579. The number of fused-ring (bicyclic) bond motifs is 1. The van der Waals surface area contributed by atoms with E-state index in [1.165, 1.54) is 0 Å². The molecule has 1 amide bonds. The number of nitrogens with zero attached hydrogens (tertiary/aromatic N) is 2.